The molecular formula is C15H34N2+2. The predicted octanol–water partition coefficient (Wildman–Crippen LogP) is 0.857. The fraction of sp³-hybridized carbons (Fsp3) is 0.867. The zero-order valence-corrected chi connectivity index (χ0v) is 12.7. The van der Waals surface area contributed by atoms with Crippen molar-refractivity contribution in [3.05, 3.63) is 11.6 Å². The Kier molecular flexibility index (Phi) is 10.6. The highest BCUT2D eigenvalue weighted by atomic mass is 15.0. The van der Waals surface area contributed by atoms with Crippen molar-refractivity contribution >= 4 is 0 Å². The first-order valence-corrected chi connectivity index (χ1v) is 7.26. The van der Waals surface area contributed by atoms with E-state index in [0.717, 1.165) is 5.92 Å². The molecule has 0 aromatic heterocycles. The van der Waals surface area contributed by atoms with Gasteiger partial charge in [-0.3, -0.25) is 0 Å². The molecule has 0 radical (unpaired) electrons. The van der Waals surface area contributed by atoms with Crippen LogP contribution in [0.4, 0.5) is 0 Å². The molecule has 0 aromatic rings. The predicted molar refractivity (Wildman–Crippen MR) is 76.4 cm³/mol. The van der Waals surface area contributed by atoms with Crippen molar-refractivity contribution in [2.45, 2.75) is 46.5 Å². The van der Waals surface area contributed by atoms with E-state index in [1.807, 2.05) is 0 Å². The fourth-order valence-corrected chi connectivity index (χ4v) is 1.95. The van der Waals surface area contributed by atoms with Crippen LogP contribution in [0, 0.1) is 5.92 Å². The summed E-state index contributed by atoms with van der Waals surface area (Å²) < 4.78 is 0. The molecule has 17 heavy (non-hydrogen) atoms. The van der Waals surface area contributed by atoms with Crippen molar-refractivity contribution in [3.63, 3.8) is 0 Å². The molecule has 0 unspecified atom stereocenters. The first-order valence-electron chi connectivity index (χ1n) is 7.26. The largest absolute Gasteiger partial charge is 0.346 e. The van der Waals surface area contributed by atoms with Crippen molar-refractivity contribution in [1.82, 2.24) is 0 Å². The number of allylic oxidation sites excluding steroid dienone is 2. The zero-order valence-electron chi connectivity index (χ0n) is 12.7. The molecular weight excluding hydrogens is 208 g/mol. The van der Waals surface area contributed by atoms with Gasteiger partial charge in [0.05, 0.1) is 33.7 Å². The highest BCUT2D eigenvalue weighted by Gasteiger charge is 2.02. The Bertz CT molecular complexity index is 193. The minimum absolute atomic E-state index is 0.876. The monoisotopic (exact) mass is 242 g/mol. The van der Waals surface area contributed by atoms with Gasteiger partial charge in [-0.1, -0.05) is 18.6 Å². The van der Waals surface area contributed by atoms with Crippen LogP contribution in [0.1, 0.15) is 46.5 Å². The topological polar surface area (TPSA) is 21.1 Å². The molecule has 1 atom stereocenters. The smallest absolute Gasteiger partial charge is 0.0821 e. The van der Waals surface area contributed by atoms with Gasteiger partial charge >= 0.3 is 0 Å². The SMILES string of the molecule is CC(C)=CCC[C@H](C)CC[NH2+]CCC[NH+](C)C. The lowest BCUT2D eigenvalue weighted by Crippen LogP contribution is -3.06. The van der Waals surface area contributed by atoms with Gasteiger partial charge in [0.1, 0.15) is 0 Å². The Hall–Kier alpha value is -0.340. The summed E-state index contributed by atoms with van der Waals surface area (Å²) in [5.41, 5.74) is 1.45. The van der Waals surface area contributed by atoms with Gasteiger partial charge in [-0.05, 0) is 39.0 Å². The average Bonchev–Trinajstić information content (AvgIpc) is 2.22. The molecule has 2 nitrogen and oxygen atoms in total. The Morgan fingerprint density at radius 3 is 2.47 bits per heavy atom. The van der Waals surface area contributed by atoms with Gasteiger partial charge in [-0.25, -0.2) is 0 Å². The fourth-order valence-electron chi connectivity index (χ4n) is 1.95. The van der Waals surface area contributed by atoms with Gasteiger partial charge in [0, 0.05) is 6.42 Å². The van der Waals surface area contributed by atoms with E-state index in [4.69, 9.17) is 0 Å². The maximum absolute atomic E-state index is 2.49. The van der Waals surface area contributed by atoms with Crippen LogP contribution in [-0.2, 0) is 0 Å². The van der Waals surface area contributed by atoms with Crippen molar-refractivity contribution in [2.24, 2.45) is 5.92 Å². The Morgan fingerprint density at radius 2 is 1.88 bits per heavy atom. The highest BCUT2D eigenvalue weighted by molar-refractivity contribution is 4.92. The molecule has 0 rings (SSSR count). The molecule has 0 saturated carbocycles. The third-order valence-electron chi connectivity index (χ3n) is 3.16. The van der Waals surface area contributed by atoms with E-state index >= 15 is 0 Å². The molecule has 0 aromatic carbocycles. The number of quaternary nitrogens is 2. The Morgan fingerprint density at radius 1 is 1.18 bits per heavy atom. The molecule has 3 N–H and O–H groups in total. The van der Waals surface area contributed by atoms with Crippen molar-refractivity contribution < 1.29 is 10.2 Å². The van der Waals surface area contributed by atoms with Crippen molar-refractivity contribution in [1.29, 1.82) is 0 Å². The molecule has 102 valence electrons. The van der Waals surface area contributed by atoms with Crippen LogP contribution in [0.25, 0.3) is 0 Å². The van der Waals surface area contributed by atoms with Gasteiger partial charge in [-0.15, -0.1) is 0 Å². The van der Waals surface area contributed by atoms with Crippen molar-refractivity contribution in [2.75, 3.05) is 33.7 Å². The van der Waals surface area contributed by atoms with Crippen LogP contribution in [-0.4, -0.2) is 33.7 Å². The molecule has 2 heteroatoms. The van der Waals surface area contributed by atoms with Gasteiger partial charge < -0.3 is 10.2 Å². The maximum atomic E-state index is 2.49. The van der Waals surface area contributed by atoms with E-state index in [-0.39, 0.29) is 0 Å². The van der Waals surface area contributed by atoms with Crippen LogP contribution in [0.15, 0.2) is 11.6 Å². The van der Waals surface area contributed by atoms with E-state index in [1.165, 1.54) is 50.9 Å². The van der Waals surface area contributed by atoms with E-state index in [2.05, 4.69) is 46.3 Å². The second kappa shape index (κ2) is 10.8. The van der Waals surface area contributed by atoms with E-state index in [9.17, 15) is 0 Å². The molecule has 0 fully saturated rings. The zero-order chi connectivity index (χ0) is 13.1. The lowest BCUT2D eigenvalue weighted by atomic mass is 10.0. The molecule has 0 heterocycles. The molecule has 0 spiro atoms. The van der Waals surface area contributed by atoms with Crippen molar-refractivity contribution in [3.8, 4) is 0 Å². The van der Waals surface area contributed by atoms with Gasteiger partial charge in [0.25, 0.3) is 0 Å². The lowest BCUT2D eigenvalue weighted by Gasteiger charge is -2.10. The second-order valence-electron chi connectivity index (χ2n) is 5.93. The van der Waals surface area contributed by atoms with Crippen LogP contribution < -0.4 is 10.2 Å². The highest BCUT2D eigenvalue weighted by Crippen LogP contribution is 2.10. The molecule has 0 aliphatic rings. The first-order chi connectivity index (χ1) is 8.02. The van der Waals surface area contributed by atoms with E-state index in [0.29, 0.717) is 0 Å². The minimum Gasteiger partial charge on any atom is -0.346 e. The molecule has 0 amide bonds. The van der Waals surface area contributed by atoms with Crippen LogP contribution in [0.5, 0.6) is 0 Å². The Balaban J connectivity index is 3.27. The van der Waals surface area contributed by atoms with Crippen LogP contribution in [0.2, 0.25) is 0 Å². The first kappa shape index (κ1) is 16.7. The Labute approximate surface area is 108 Å². The molecule has 0 aliphatic heterocycles. The summed E-state index contributed by atoms with van der Waals surface area (Å²) >= 11 is 0. The summed E-state index contributed by atoms with van der Waals surface area (Å²) in [7, 11) is 4.45. The number of nitrogens with one attached hydrogen (secondary N) is 1. The molecule has 0 aliphatic carbocycles. The molecule has 0 bridgehead atoms. The quantitative estimate of drug-likeness (QED) is 0.419. The maximum Gasteiger partial charge on any atom is 0.0821 e. The van der Waals surface area contributed by atoms with Crippen LogP contribution >= 0.6 is 0 Å². The third kappa shape index (κ3) is 13.6. The normalized spacial score (nSPS) is 12.8. The lowest BCUT2D eigenvalue weighted by molar-refractivity contribution is -0.860. The van der Waals surface area contributed by atoms with Gasteiger partial charge in [0.15, 0.2) is 0 Å². The molecule has 0 saturated heterocycles. The summed E-state index contributed by atoms with van der Waals surface area (Å²) in [5.74, 6) is 0.876. The summed E-state index contributed by atoms with van der Waals surface area (Å²) in [6, 6.07) is 0. The average molecular weight is 242 g/mol. The summed E-state index contributed by atoms with van der Waals surface area (Å²) in [5, 5.41) is 2.49. The van der Waals surface area contributed by atoms with Gasteiger partial charge in [0.2, 0.25) is 0 Å². The summed E-state index contributed by atoms with van der Waals surface area (Å²) in [4.78, 5) is 1.56. The number of nitrogens with two attached hydrogens (primary N) is 1. The van der Waals surface area contributed by atoms with E-state index < -0.39 is 0 Å². The van der Waals surface area contributed by atoms with Gasteiger partial charge in [-0.2, -0.15) is 0 Å². The number of hydrogen-bond donors (Lipinski definition) is 2. The minimum atomic E-state index is 0.876. The number of hydrogen-bond acceptors (Lipinski definition) is 0. The summed E-state index contributed by atoms with van der Waals surface area (Å²) in [6.07, 6.45) is 7.67. The summed E-state index contributed by atoms with van der Waals surface area (Å²) in [6.45, 7) is 10.7. The van der Waals surface area contributed by atoms with E-state index in [1.54, 1.807) is 4.90 Å². The standard InChI is InChI=1S/C15H32N2/c1-14(2)8-6-9-15(3)10-12-16-11-7-13-17(4)5/h8,15-16H,6-7,9-13H2,1-5H3/p+2/t15-/m0/s1. The second-order valence-corrected chi connectivity index (χ2v) is 5.93. The van der Waals surface area contributed by atoms with Crippen LogP contribution in [0.3, 0.4) is 0 Å². The number of rotatable bonds is 10. The third-order valence-corrected chi connectivity index (χ3v) is 3.16.